The summed E-state index contributed by atoms with van der Waals surface area (Å²) in [5.41, 5.74) is 0.719. The standard InChI is InChI=1S/C14H27NO/c1-10(2)15-11(13(3,4)5)9-12(16)14(6,7)8/h10H,9H2,1-8H3. The van der Waals surface area contributed by atoms with Gasteiger partial charge in [-0.05, 0) is 13.8 Å². The molecular weight excluding hydrogens is 198 g/mol. The van der Waals surface area contributed by atoms with Crippen LogP contribution in [0.15, 0.2) is 4.99 Å². The molecule has 0 aromatic carbocycles. The molecule has 0 N–H and O–H groups in total. The summed E-state index contributed by atoms with van der Waals surface area (Å²) in [5, 5.41) is 0. The van der Waals surface area contributed by atoms with Crippen molar-refractivity contribution in [2.45, 2.75) is 67.9 Å². The zero-order chi connectivity index (χ0) is 13.1. The van der Waals surface area contributed by atoms with Gasteiger partial charge in [0.05, 0.1) is 0 Å². The second-order valence-electron chi connectivity index (χ2n) is 6.77. The topological polar surface area (TPSA) is 29.4 Å². The summed E-state index contributed by atoms with van der Waals surface area (Å²) >= 11 is 0. The van der Waals surface area contributed by atoms with E-state index in [4.69, 9.17) is 0 Å². The highest BCUT2D eigenvalue weighted by Crippen LogP contribution is 2.24. The van der Waals surface area contributed by atoms with Crippen molar-refractivity contribution in [3.63, 3.8) is 0 Å². The van der Waals surface area contributed by atoms with Gasteiger partial charge in [-0.1, -0.05) is 41.5 Å². The highest BCUT2D eigenvalue weighted by molar-refractivity contribution is 6.06. The van der Waals surface area contributed by atoms with Crippen molar-refractivity contribution >= 4 is 11.5 Å². The number of hydrogen-bond acceptors (Lipinski definition) is 2. The van der Waals surface area contributed by atoms with E-state index in [1.54, 1.807) is 0 Å². The van der Waals surface area contributed by atoms with Crippen molar-refractivity contribution in [2.24, 2.45) is 15.8 Å². The fraction of sp³-hybridized carbons (Fsp3) is 0.857. The summed E-state index contributed by atoms with van der Waals surface area (Å²) in [5.74, 6) is 0.266. The number of nitrogens with zero attached hydrogens (tertiary/aromatic N) is 1. The molecule has 0 fully saturated rings. The number of carbonyl (C=O) groups is 1. The molecule has 0 aliphatic rings. The first-order valence-corrected chi connectivity index (χ1v) is 6.05. The Kier molecular flexibility index (Phi) is 4.90. The molecule has 0 saturated heterocycles. The van der Waals surface area contributed by atoms with Crippen molar-refractivity contribution in [2.75, 3.05) is 0 Å². The number of carbonyl (C=O) groups excluding carboxylic acids is 1. The maximum absolute atomic E-state index is 12.0. The van der Waals surface area contributed by atoms with Crippen LogP contribution < -0.4 is 0 Å². The SMILES string of the molecule is CC(C)N=C(CC(=O)C(C)(C)C)C(C)(C)C. The van der Waals surface area contributed by atoms with Gasteiger partial charge in [-0.25, -0.2) is 0 Å². The fourth-order valence-corrected chi connectivity index (χ4v) is 1.23. The molecule has 0 heterocycles. The highest BCUT2D eigenvalue weighted by Gasteiger charge is 2.27. The molecule has 0 aliphatic carbocycles. The van der Waals surface area contributed by atoms with Gasteiger partial charge in [0, 0.05) is 29.0 Å². The molecule has 94 valence electrons. The van der Waals surface area contributed by atoms with E-state index < -0.39 is 0 Å². The third-order valence-electron chi connectivity index (χ3n) is 2.44. The number of ketones is 1. The van der Waals surface area contributed by atoms with E-state index in [1.165, 1.54) is 0 Å². The molecule has 0 aliphatic heterocycles. The molecule has 0 radical (unpaired) electrons. The van der Waals surface area contributed by atoms with Gasteiger partial charge in [-0.15, -0.1) is 0 Å². The average molecular weight is 225 g/mol. The monoisotopic (exact) mass is 225 g/mol. The van der Waals surface area contributed by atoms with E-state index in [1.807, 2.05) is 34.6 Å². The third-order valence-corrected chi connectivity index (χ3v) is 2.44. The van der Waals surface area contributed by atoms with Gasteiger partial charge in [-0.2, -0.15) is 0 Å². The Hall–Kier alpha value is -0.660. The van der Waals surface area contributed by atoms with Crippen molar-refractivity contribution in [3.8, 4) is 0 Å². The van der Waals surface area contributed by atoms with E-state index in [0.717, 1.165) is 5.71 Å². The maximum atomic E-state index is 12.0. The van der Waals surface area contributed by atoms with Crippen LogP contribution in [0.1, 0.15) is 61.8 Å². The molecule has 0 aromatic heterocycles. The van der Waals surface area contributed by atoms with E-state index in [9.17, 15) is 4.79 Å². The maximum Gasteiger partial charge on any atom is 0.143 e. The molecular formula is C14H27NO. The Morgan fingerprint density at radius 2 is 1.44 bits per heavy atom. The van der Waals surface area contributed by atoms with Crippen LogP contribution in [0.25, 0.3) is 0 Å². The summed E-state index contributed by atoms with van der Waals surface area (Å²) in [6, 6.07) is 0.252. The van der Waals surface area contributed by atoms with Gasteiger partial charge in [0.2, 0.25) is 0 Å². The summed E-state index contributed by atoms with van der Waals surface area (Å²) < 4.78 is 0. The van der Waals surface area contributed by atoms with Crippen LogP contribution in [0.5, 0.6) is 0 Å². The largest absolute Gasteiger partial charge is 0.299 e. The van der Waals surface area contributed by atoms with Gasteiger partial charge in [0.25, 0.3) is 0 Å². The normalized spacial score (nSPS) is 14.4. The van der Waals surface area contributed by atoms with Crippen LogP contribution in [-0.4, -0.2) is 17.5 Å². The smallest absolute Gasteiger partial charge is 0.143 e. The minimum Gasteiger partial charge on any atom is -0.299 e. The van der Waals surface area contributed by atoms with Crippen LogP contribution in [0.4, 0.5) is 0 Å². The van der Waals surface area contributed by atoms with Gasteiger partial charge in [-0.3, -0.25) is 9.79 Å². The van der Waals surface area contributed by atoms with Crippen molar-refractivity contribution in [1.82, 2.24) is 0 Å². The predicted octanol–water partition coefficient (Wildman–Crippen LogP) is 3.89. The average Bonchev–Trinajstić information content (AvgIpc) is 1.98. The zero-order valence-corrected chi connectivity index (χ0v) is 12.1. The lowest BCUT2D eigenvalue weighted by atomic mass is 9.81. The fourth-order valence-electron chi connectivity index (χ4n) is 1.23. The van der Waals surface area contributed by atoms with Crippen molar-refractivity contribution < 1.29 is 4.79 Å². The molecule has 16 heavy (non-hydrogen) atoms. The minimum atomic E-state index is -0.275. The Morgan fingerprint density at radius 3 is 1.69 bits per heavy atom. The Morgan fingerprint density at radius 1 is 1.00 bits per heavy atom. The van der Waals surface area contributed by atoms with Crippen LogP contribution in [0.3, 0.4) is 0 Å². The van der Waals surface area contributed by atoms with Crippen molar-refractivity contribution in [1.29, 1.82) is 0 Å². The molecule has 2 heteroatoms. The lowest BCUT2D eigenvalue weighted by Gasteiger charge is -2.25. The van der Waals surface area contributed by atoms with Gasteiger partial charge >= 0.3 is 0 Å². The Bertz CT molecular complexity index is 274. The molecule has 0 rings (SSSR count). The molecule has 0 saturated carbocycles. The van der Waals surface area contributed by atoms with E-state index in [2.05, 4.69) is 25.8 Å². The number of hydrogen-bond donors (Lipinski definition) is 0. The Balaban J connectivity index is 4.92. The predicted molar refractivity (Wildman–Crippen MR) is 71.1 cm³/mol. The van der Waals surface area contributed by atoms with Gasteiger partial charge in [0.1, 0.15) is 5.78 Å². The number of rotatable bonds is 3. The molecule has 0 bridgehead atoms. The zero-order valence-electron chi connectivity index (χ0n) is 12.1. The van der Waals surface area contributed by atoms with Crippen LogP contribution >= 0.6 is 0 Å². The van der Waals surface area contributed by atoms with Crippen LogP contribution in [0.2, 0.25) is 0 Å². The first-order valence-electron chi connectivity index (χ1n) is 6.05. The van der Waals surface area contributed by atoms with Crippen LogP contribution in [0, 0.1) is 10.8 Å². The molecule has 0 spiro atoms. The van der Waals surface area contributed by atoms with Crippen LogP contribution in [-0.2, 0) is 4.79 Å². The third kappa shape index (κ3) is 5.43. The molecule has 0 unspecified atom stereocenters. The number of Topliss-reactive ketones (excluding diaryl/α,β-unsaturated/α-hetero) is 1. The molecule has 0 amide bonds. The van der Waals surface area contributed by atoms with E-state index >= 15 is 0 Å². The first kappa shape index (κ1) is 15.3. The molecule has 0 aromatic rings. The molecule has 2 nitrogen and oxygen atoms in total. The lowest BCUT2D eigenvalue weighted by molar-refractivity contribution is -0.125. The number of aliphatic imine (C=N–C) groups is 1. The second kappa shape index (κ2) is 5.11. The van der Waals surface area contributed by atoms with Gasteiger partial charge in [0.15, 0.2) is 0 Å². The lowest BCUT2D eigenvalue weighted by Crippen LogP contribution is -2.30. The van der Waals surface area contributed by atoms with Gasteiger partial charge < -0.3 is 0 Å². The second-order valence-corrected chi connectivity index (χ2v) is 6.77. The summed E-state index contributed by atoms with van der Waals surface area (Å²) in [7, 11) is 0. The molecule has 0 atom stereocenters. The Labute approximate surface area is 101 Å². The van der Waals surface area contributed by atoms with E-state index in [0.29, 0.717) is 6.42 Å². The van der Waals surface area contributed by atoms with E-state index in [-0.39, 0.29) is 22.7 Å². The summed E-state index contributed by atoms with van der Waals surface area (Å²) in [6.45, 7) is 16.3. The van der Waals surface area contributed by atoms with Crippen molar-refractivity contribution in [3.05, 3.63) is 0 Å². The minimum absolute atomic E-state index is 0.0226. The highest BCUT2D eigenvalue weighted by atomic mass is 16.1. The summed E-state index contributed by atoms with van der Waals surface area (Å²) in [4.78, 5) is 16.6. The first-order chi connectivity index (χ1) is 6.94. The summed E-state index contributed by atoms with van der Waals surface area (Å²) in [6.07, 6.45) is 0.477. The quantitative estimate of drug-likeness (QED) is 0.670.